The lowest BCUT2D eigenvalue weighted by Crippen LogP contribution is -1.98. The summed E-state index contributed by atoms with van der Waals surface area (Å²) >= 11 is 6.12. The first-order chi connectivity index (χ1) is 9.58. The topological polar surface area (TPSA) is 53.1 Å². The highest BCUT2D eigenvalue weighted by Gasteiger charge is 2.19. The maximum atomic E-state index is 6.18. The molecular weight excluding hydrogens is 274 g/mol. The molecule has 0 saturated carbocycles. The lowest BCUT2D eigenvalue weighted by Gasteiger charge is -2.10. The molecule has 1 heterocycles. The van der Waals surface area contributed by atoms with Crippen LogP contribution in [0.2, 0.25) is 5.02 Å². The van der Waals surface area contributed by atoms with Gasteiger partial charge < -0.3 is 10.5 Å². The van der Waals surface area contributed by atoms with Gasteiger partial charge in [-0.3, -0.25) is 4.68 Å². The van der Waals surface area contributed by atoms with Crippen LogP contribution < -0.4 is 10.5 Å². The third kappa shape index (κ3) is 2.75. The van der Waals surface area contributed by atoms with Gasteiger partial charge in [0.2, 0.25) is 0 Å². The highest BCUT2D eigenvalue weighted by molar-refractivity contribution is 6.31. The van der Waals surface area contributed by atoms with Crippen molar-refractivity contribution in [3.05, 3.63) is 28.9 Å². The van der Waals surface area contributed by atoms with E-state index < -0.39 is 0 Å². The minimum Gasteiger partial charge on any atom is -0.496 e. The van der Waals surface area contributed by atoms with Gasteiger partial charge in [0.05, 0.1) is 18.4 Å². The van der Waals surface area contributed by atoms with Crippen molar-refractivity contribution in [1.82, 2.24) is 9.78 Å². The molecule has 0 atom stereocenters. The second-order valence-electron chi connectivity index (χ2n) is 4.78. The number of aryl methyl sites for hydroxylation is 2. The molecule has 20 heavy (non-hydrogen) atoms. The fourth-order valence-corrected chi connectivity index (χ4v) is 2.45. The monoisotopic (exact) mass is 293 g/mol. The van der Waals surface area contributed by atoms with E-state index >= 15 is 0 Å². The number of hydrogen-bond acceptors (Lipinski definition) is 3. The Kier molecular flexibility index (Phi) is 4.55. The van der Waals surface area contributed by atoms with Crippen molar-refractivity contribution in [2.45, 2.75) is 26.2 Å². The molecule has 0 amide bonds. The molecule has 0 aliphatic heterocycles. The van der Waals surface area contributed by atoms with Crippen LogP contribution in [-0.4, -0.2) is 16.9 Å². The van der Waals surface area contributed by atoms with Crippen LogP contribution in [0.1, 0.15) is 25.5 Å². The maximum Gasteiger partial charge on any atom is 0.129 e. The molecule has 0 radical (unpaired) electrons. The molecule has 0 aliphatic carbocycles. The number of ether oxygens (including phenoxy) is 1. The summed E-state index contributed by atoms with van der Waals surface area (Å²) in [5.74, 6) is 1.39. The molecule has 1 aromatic heterocycles. The number of nitrogens with zero attached hydrogens (tertiary/aromatic N) is 2. The second kappa shape index (κ2) is 6.18. The zero-order chi connectivity index (χ0) is 14.7. The molecule has 0 fully saturated rings. The van der Waals surface area contributed by atoms with E-state index in [-0.39, 0.29) is 0 Å². The standard InChI is InChI=1S/C15H20ClN3O/c1-4-5-6-12-14(15(17)19(2)18-12)11-9-10(16)7-8-13(11)20-3/h7-9H,4-6,17H2,1-3H3. The van der Waals surface area contributed by atoms with Crippen molar-refractivity contribution in [3.8, 4) is 16.9 Å². The Hall–Kier alpha value is -1.68. The van der Waals surface area contributed by atoms with Crippen molar-refractivity contribution in [2.24, 2.45) is 7.05 Å². The molecule has 2 N–H and O–H groups in total. The van der Waals surface area contributed by atoms with Crippen LogP contribution in [-0.2, 0) is 13.5 Å². The van der Waals surface area contributed by atoms with Crippen molar-refractivity contribution >= 4 is 17.4 Å². The van der Waals surface area contributed by atoms with Crippen LogP contribution in [0.25, 0.3) is 11.1 Å². The highest BCUT2D eigenvalue weighted by atomic mass is 35.5. The largest absolute Gasteiger partial charge is 0.496 e. The molecule has 2 aromatic rings. The Bertz CT molecular complexity index is 607. The van der Waals surface area contributed by atoms with Gasteiger partial charge in [0.1, 0.15) is 11.6 Å². The molecule has 1 aromatic carbocycles. The molecule has 5 heteroatoms. The van der Waals surface area contributed by atoms with Gasteiger partial charge in [-0.1, -0.05) is 24.9 Å². The number of hydrogen-bond donors (Lipinski definition) is 1. The summed E-state index contributed by atoms with van der Waals surface area (Å²) in [5, 5.41) is 5.18. The van der Waals surface area contributed by atoms with E-state index in [4.69, 9.17) is 22.1 Å². The number of aromatic nitrogens is 2. The molecule has 2 rings (SSSR count). The van der Waals surface area contributed by atoms with Gasteiger partial charge in [-0.2, -0.15) is 5.10 Å². The van der Waals surface area contributed by atoms with Crippen LogP contribution >= 0.6 is 11.6 Å². The molecule has 0 aliphatic rings. The predicted octanol–water partition coefficient (Wildman–Crippen LogP) is 3.67. The molecule has 0 bridgehead atoms. The number of anilines is 1. The van der Waals surface area contributed by atoms with Gasteiger partial charge in [0.25, 0.3) is 0 Å². The van der Waals surface area contributed by atoms with E-state index in [1.165, 1.54) is 0 Å². The van der Waals surface area contributed by atoms with Crippen LogP contribution in [0.3, 0.4) is 0 Å². The van der Waals surface area contributed by atoms with Crippen molar-refractivity contribution in [1.29, 1.82) is 0 Å². The van der Waals surface area contributed by atoms with E-state index in [0.717, 1.165) is 41.8 Å². The Morgan fingerprint density at radius 1 is 1.40 bits per heavy atom. The van der Waals surface area contributed by atoms with Crippen LogP contribution in [0.15, 0.2) is 18.2 Å². The zero-order valence-electron chi connectivity index (χ0n) is 12.1. The summed E-state index contributed by atoms with van der Waals surface area (Å²) < 4.78 is 7.14. The number of halogens is 1. The third-order valence-electron chi connectivity index (χ3n) is 3.36. The number of nitrogen functional groups attached to an aromatic ring is 1. The summed E-state index contributed by atoms with van der Waals surface area (Å²) in [6.07, 6.45) is 3.08. The maximum absolute atomic E-state index is 6.18. The third-order valence-corrected chi connectivity index (χ3v) is 3.60. The Labute approximate surface area is 124 Å². The highest BCUT2D eigenvalue weighted by Crippen LogP contribution is 2.38. The normalized spacial score (nSPS) is 10.8. The second-order valence-corrected chi connectivity index (χ2v) is 5.22. The Morgan fingerprint density at radius 2 is 2.15 bits per heavy atom. The minimum atomic E-state index is 0.636. The van der Waals surface area contributed by atoms with E-state index in [0.29, 0.717) is 10.8 Å². The average Bonchev–Trinajstić information content (AvgIpc) is 2.71. The molecular formula is C15H20ClN3O. The molecule has 108 valence electrons. The summed E-state index contributed by atoms with van der Waals surface area (Å²) in [5.41, 5.74) is 9.01. The number of benzene rings is 1. The summed E-state index contributed by atoms with van der Waals surface area (Å²) in [6.45, 7) is 2.16. The first-order valence-electron chi connectivity index (χ1n) is 6.73. The summed E-state index contributed by atoms with van der Waals surface area (Å²) in [7, 11) is 3.50. The first-order valence-corrected chi connectivity index (χ1v) is 7.11. The van der Waals surface area contributed by atoms with Crippen LogP contribution in [0.5, 0.6) is 5.75 Å². The Balaban J connectivity index is 2.58. The number of unbranched alkanes of at least 4 members (excludes halogenated alkanes) is 1. The smallest absolute Gasteiger partial charge is 0.129 e. The minimum absolute atomic E-state index is 0.636. The van der Waals surface area contributed by atoms with Crippen molar-refractivity contribution < 1.29 is 4.74 Å². The summed E-state index contributed by atoms with van der Waals surface area (Å²) in [6, 6.07) is 5.54. The van der Waals surface area contributed by atoms with Crippen LogP contribution in [0, 0.1) is 0 Å². The number of nitrogens with two attached hydrogens (primary N) is 1. The van der Waals surface area contributed by atoms with E-state index in [1.807, 2.05) is 25.2 Å². The quantitative estimate of drug-likeness (QED) is 0.915. The molecule has 0 unspecified atom stereocenters. The lowest BCUT2D eigenvalue weighted by molar-refractivity contribution is 0.416. The first kappa shape index (κ1) is 14.7. The fraction of sp³-hybridized carbons (Fsp3) is 0.400. The predicted molar refractivity (Wildman–Crippen MR) is 83.2 cm³/mol. The molecule has 0 spiro atoms. The molecule has 4 nitrogen and oxygen atoms in total. The van der Waals surface area contributed by atoms with Gasteiger partial charge in [-0.05, 0) is 31.0 Å². The van der Waals surface area contributed by atoms with Crippen LogP contribution in [0.4, 0.5) is 5.82 Å². The van der Waals surface area contributed by atoms with Crippen molar-refractivity contribution in [2.75, 3.05) is 12.8 Å². The van der Waals surface area contributed by atoms with Gasteiger partial charge in [0.15, 0.2) is 0 Å². The van der Waals surface area contributed by atoms with E-state index in [9.17, 15) is 0 Å². The van der Waals surface area contributed by atoms with E-state index in [1.54, 1.807) is 11.8 Å². The number of rotatable bonds is 5. The Morgan fingerprint density at radius 3 is 2.80 bits per heavy atom. The fourth-order valence-electron chi connectivity index (χ4n) is 2.28. The van der Waals surface area contributed by atoms with Gasteiger partial charge >= 0.3 is 0 Å². The van der Waals surface area contributed by atoms with Gasteiger partial charge in [0, 0.05) is 17.6 Å². The van der Waals surface area contributed by atoms with Crippen molar-refractivity contribution in [3.63, 3.8) is 0 Å². The average molecular weight is 294 g/mol. The van der Waals surface area contributed by atoms with Gasteiger partial charge in [-0.15, -0.1) is 0 Å². The van der Waals surface area contributed by atoms with Gasteiger partial charge in [-0.25, -0.2) is 0 Å². The number of methoxy groups -OCH3 is 1. The SMILES string of the molecule is CCCCc1nn(C)c(N)c1-c1cc(Cl)ccc1OC. The lowest BCUT2D eigenvalue weighted by atomic mass is 10.0. The zero-order valence-corrected chi connectivity index (χ0v) is 12.9. The summed E-state index contributed by atoms with van der Waals surface area (Å²) in [4.78, 5) is 0. The van der Waals surface area contributed by atoms with E-state index in [2.05, 4.69) is 12.0 Å². The molecule has 0 saturated heterocycles.